The summed E-state index contributed by atoms with van der Waals surface area (Å²) >= 11 is 2.74. The minimum absolute atomic E-state index is 0.347. The van der Waals surface area contributed by atoms with E-state index < -0.39 is 5.97 Å². The Morgan fingerprint density at radius 2 is 2.26 bits per heavy atom. The molecular weight excluding hydrogens is 282 g/mol. The number of oxazole rings is 1. The smallest absolute Gasteiger partial charge is 0.345 e. The first-order chi connectivity index (χ1) is 9.22. The molecule has 0 fully saturated rings. The van der Waals surface area contributed by atoms with Crippen LogP contribution in [0.15, 0.2) is 45.0 Å². The van der Waals surface area contributed by atoms with Crippen molar-refractivity contribution < 1.29 is 14.3 Å². The molecule has 2 aromatic heterocycles. The Bertz CT molecular complexity index is 699. The lowest BCUT2D eigenvalue weighted by Crippen LogP contribution is -1.89. The van der Waals surface area contributed by atoms with Crippen molar-refractivity contribution in [2.24, 2.45) is 0 Å². The maximum absolute atomic E-state index is 10.8. The molecule has 0 amide bonds. The summed E-state index contributed by atoms with van der Waals surface area (Å²) in [7, 11) is 0. The van der Waals surface area contributed by atoms with Crippen molar-refractivity contribution >= 4 is 40.2 Å². The van der Waals surface area contributed by atoms with E-state index in [0.717, 1.165) is 16.0 Å². The van der Waals surface area contributed by atoms with Crippen LogP contribution in [0.1, 0.15) is 15.6 Å². The van der Waals surface area contributed by atoms with E-state index in [-0.39, 0.29) is 0 Å². The average Bonchev–Trinajstić information content (AvgIpc) is 3.02. The number of hydrogen-bond acceptors (Lipinski definition) is 5. The van der Waals surface area contributed by atoms with Crippen molar-refractivity contribution in [1.82, 2.24) is 4.98 Å². The number of aromatic nitrogens is 1. The van der Waals surface area contributed by atoms with Gasteiger partial charge >= 0.3 is 5.97 Å². The molecule has 6 heteroatoms. The van der Waals surface area contributed by atoms with Crippen molar-refractivity contribution in [3.05, 3.63) is 46.5 Å². The molecule has 0 aliphatic carbocycles. The number of thioether (sulfide) groups is 1. The highest BCUT2D eigenvalue weighted by atomic mass is 32.2. The number of nitrogens with zero attached hydrogens (tertiary/aromatic N) is 1. The standard InChI is InChI=1S/C13H9NO3S2/c15-13(16)11-5-8(6-19-11)18-7-12-14-9-3-1-2-4-10(9)17-12/h1-6H,7H2,(H,15,16). The summed E-state index contributed by atoms with van der Waals surface area (Å²) in [5, 5.41) is 10.7. The maximum Gasteiger partial charge on any atom is 0.345 e. The number of benzene rings is 1. The van der Waals surface area contributed by atoms with Crippen molar-refractivity contribution in [3.63, 3.8) is 0 Å². The van der Waals surface area contributed by atoms with Crippen LogP contribution in [-0.4, -0.2) is 16.1 Å². The van der Waals surface area contributed by atoms with E-state index in [2.05, 4.69) is 4.98 Å². The third kappa shape index (κ3) is 2.64. The van der Waals surface area contributed by atoms with Gasteiger partial charge in [0.05, 0.1) is 5.75 Å². The SMILES string of the molecule is O=C(O)c1cc(SCc2nc3ccccc3o2)cs1. The van der Waals surface area contributed by atoms with Crippen LogP contribution >= 0.6 is 23.1 Å². The zero-order valence-corrected chi connectivity index (χ0v) is 11.3. The van der Waals surface area contributed by atoms with Gasteiger partial charge in [0.25, 0.3) is 0 Å². The molecule has 3 aromatic rings. The second kappa shape index (κ2) is 5.07. The van der Waals surface area contributed by atoms with Crippen LogP contribution in [0.2, 0.25) is 0 Å². The van der Waals surface area contributed by atoms with Gasteiger partial charge in [0, 0.05) is 10.3 Å². The first kappa shape index (κ1) is 12.3. The molecule has 19 heavy (non-hydrogen) atoms. The molecule has 0 spiro atoms. The molecule has 2 heterocycles. The van der Waals surface area contributed by atoms with Crippen LogP contribution in [-0.2, 0) is 5.75 Å². The number of carboxylic acid groups (broad SMARTS) is 1. The Balaban J connectivity index is 1.72. The number of hydrogen-bond donors (Lipinski definition) is 1. The second-order valence-corrected chi connectivity index (χ2v) is 5.78. The first-order valence-corrected chi connectivity index (χ1v) is 7.38. The maximum atomic E-state index is 10.8. The van der Waals surface area contributed by atoms with Gasteiger partial charge in [-0.1, -0.05) is 12.1 Å². The van der Waals surface area contributed by atoms with Crippen LogP contribution < -0.4 is 0 Å². The Hall–Kier alpha value is -1.79. The van der Waals surface area contributed by atoms with Crippen LogP contribution in [0, 0.1) is 0 Å². The predicted octanol–water partition coefficient (Wildman–Crippen LogP) is 3.88. The van der Waals surface area contributed by atoms with Gasteiger partial charge in [-0.15, -0.1) is 23.1 Å². The molecule has 4 nitrogen and oxygen atoms in total. The number of rotatable bonds is 4. The van der Waals surface area contributed by atoms with Crippen molar-refractivity contribution in [3.8, 4) is 0 Å². The van der Waals surface area contributed by atoms with Gasteiger partial charge in [0.2, 0.25) is 5.89 Å². The lowest BCUT2D eigenvalue weighted by atomic mass is 10.3. The third-order valence-electron chi connectivity index (χ3n) is 2.49. The summed E-state index contributed by atoms with van der Waals surface area (Å²) in [6.45, 7) is 0. The number of fused-ring (bicyclic) bond motifs is 1. The van der Waals surface area contributed by atoms with E-state index >= 15 is 0 Å². The molecule has 0 radical (unpaired) electrons. The van der Waals surface area contributed by atoms with Crippen molar-refractivity contribution in [2.75, 3.05) is 0 Å². The molecule has 1 N–H and O–H groups in total. The summed E-state index contributed by atoms with van der Waals surface area (Å²) in [4.78, 5) is 16.4. The molecule has 0 saturated carbocycles. The Morgan fingerprint density at radius 3 is 3.00 bits per heavy atom. The van der Waals surface area contributed by atoms with E-state index in [1.807, 2.05) is 29.6 Å². The zero-order chi connectivity index (χ0) is 13.2. The molecule has 0 bridgehead atoms. The third-order valence-corrected chi connectivity index (χ3v) is 4.51. The minimum Gasteiger partial charge on any atom is -0.477 e. The molecule has 0 saturated heterocycles. The topological polar surface area (TPSA) is 63.3 Å². The fourth-order valence-electron chi connectivity index (χ4n) is 1.63. The first-order valence-electron chi connectivity index (χ1n) is 5.51. The van der Waals surface area contributed by atoms with Crippen LogP contribution in [0.5, 0.6) is 0 Å². The lowest BCUT2D eigenvalue weighted by Gasteiger charge is -1.92. The molecule has 0 aliphatic rings. The van der Waals surface area contributed by atoms with Crippen LogP contribution in [0.4, 0.5) is 0 Å². The van der Waals surface area contributed by atoms with E-state index in [0.29, 0.717) is 16.5 Å². The largest absolute Gasteiger partial charge is 0.477 e. The summed E-state index contributed by atoms with van der Waals surface area (Å²) < 4.78 is 5.60. The highest BCUT2D eigenvalue weighted by molar-refractivity contribution is 7.98. The van der Waals surface area contributed by atoms with E-state index in [1.54, 1.807) is 6.07 Å². The molecule has 96 valence electrons. The van der Waals surface area contributed by atoms with Crippen molar-refractivity contribution in [2.45, 2.75) is 10.6 Å². The molecule has 3 rings (SSSR count). The Morgan fingerprint density at radius 1 is 1.42 bits per heavy atom. The van der Waals surface area contributed by atoms with Gasteiger partial charge in [0.1, 0.15) is 10.4 Å². The molecular formula is C13H9NO3S2. The number of para-hydroxylation sites is 2. The average molecular weight is 291 g/mol. The second-order valence-electron chi connectivity index (χ2n) is 3.82. The fraction of sp³-hybridized carbons (Fsp3) is 0.0769. The highest BCUT2D eigenvalue weighted by Crippen LogP contribution is 2.28. The van der Waals surface area contributed by atoms with Gasteiger partial charge in [-0.3, -0.25) is 0 Å². The van der Waals surface area contributed by atoms with E-state index in [4.69, 9.17) is 9.52 Å². The van der Waals surface area contributed by atoms with E-state index in [9.17, 15) is 4.79 Å². The molecule has 0 aliphatic heterocycles. The highest BCUT2D eigenvalue weighted by Gasteiger charge is 2.09. The number of aromatic carboxylic acids is 1. The van der Waals surface area contributed by atoms with Gasteiger partial charge in [-0.05, 0) is 18.2 Å². The summed E-state index contributed by atoms with van der Waals surface area (Å²) in [5.74, 6) is 0.345. The number of carbonyl (C=O) groups is 1. The predicted molar refractivity (Wildman–Crippen MR) is 74.8 cm³/mol. The van der Waals surface area contributed by atoms with E-state index in [1.165, 1.54) is 23.1 Å². The number of thiophene rings is 1. The summed E-state index contributed by atoms with van der Waals surface area (Å²) in [6, 6.07) is 9.27. The van der Waals surface area contributed by atoms with Crippen LogP contribution in [0.25, 0.3) is 11.1 Å². The van der Waals surface area contributed by atoms with Gasteiger partial charge in [-0.2, -0.15) is 0 Å². The monoisotopic (exact) mass is 291 g/mol. The molecule has 0 atom stereocenters. The quantitative estimate of drug-likeness (QED) is 0.739. The lowest BCUT2D eigenvalue weighted by molar-refractivity contribution is 0.0702. The van der Waals surface area contributed by atoms with Gasteiger partial charge < -0.3 is 9.52 Å². The van der Waals surface area contributed by atoms with Gasteiger partial charge in [-0.25, -0.2) is 9.78 Å². The zero-order valence-electron chi connectivity index (χ0n) is 9.70. The molecule has 0 unspecified atom stereocenters. The summed E-state index contributed by atoms with van der Waals surface area (Å²) in [5.41, 5.74) is 1.62. The van der Waals surface area contributed by atoms with Crippen molar-refractivity contribution in [1.29, 1.82) is 0 Å². The minimum atomic E-state index is -0.890. The fourth-order valence-corrected chi connectivity index (χ4v) is 3.35. The normalized spacial score (nSPS) is 10.9. The van der Waals surface area contributed by atoms with Crippen LogP contribution in [0.3, 0.4) is 0 Å². The number of carboxylic acids is 1. The Labute approximate surface area is 117 Å². The van der Waals surface area contributed by atoms with Gasteiger partial charge in [0.15, 0.2) is 5.58 Å². The Kier molecular flexibility index (Phi) is 3.27. The molecule has 1 aromatic carbocycles. The summed E-state index contributed by atoms with van der Waals surface area (Å²) in [6.07, 6.45) is 0.